The van der Waals surface area contributed by atoms with Crippen molar-refractivity contribution in [3.63, 3.8) is 0 Å². The number of rotatable bonds is 3. The molecule has 0 bridgehead atoms. The number of hydrogen-bond donors (Lipinski definition) is 3. The molecule has 0 aromatic carbocycles. The molecule has 0 saturated carbocycles. The minimum absolute atomic E-state index is 0.0525. The largest absolute Gasteiger partial charge is 0.394 e. The van der Waals surface area contributed by atoms with Crippen LogP contribution < -0.4 is 5.32 Å². The highest BCUT2D eigenvalue weighted by molar-refractivity contribution is 7.80. The molecule has 0 aliphatic carbocycles. The summed E-state index contributed by atoms with van der Waals surface area (Å²) in [4.78, 5) is 10.3. The minimum atomic E-state index is -0.203. The summed E-state index contributed by atoms with van der Waals surface area (Å²) in [5.41, 5.74) is 0. The van der Waals surface area contributed by atoms with Crippen LogP contribution in [0.25, 0.3) is 0 Å². The lowest BCUT2D eigenvalue weighted by Gasteiger charge is -2.10. The fourth-order valence-corrected chi connectivity index (χ4v) is 0.643. The molecule has 0 rings (SSSR count). The lowest BCUT2D eigenvalue weighted by molar-refractivity contribution is -0.119. The van der Waals surface area contributed by atoms with Crippen molar-refractivity contribution in [1.29, 1.82) is 0 Å². The Kier molecular flexibility index (Phi) is 4.53. The van der Waals surface area contributed by atoms with Crippen molar-refractivity contribution in [1.82, 2.24) is 5.32 Å². The Labute approximate surface area is 59.9 Å². The number of aliphatic hydroxyl groups is 1. The molecule has 0 aromatic heterocycles. The van der Waals surface area contributed by atoms with Crippen LogP contribution in [0.2, 0.25) is 0 Å². The first-order valence-corrected chi connectivity index (χ1v) is 3.32. The molecule has 4 heteroatoms. The second-order valence-electron chi connectivity index (χ2n) is 1.76. The van der Waals surface area contributed by atoms with Gasteiger partial charge in [0, 0.05) is 12.7 Å². The topological polar surface area (TPSA) is 49.3 Å². The van der Waals surface area contributed by atoms with Gasteiger partial charge in [-0.05, 0) is 0 Å². The van der Waals surface area contributed by atoms with Gasteiger partial charge in [0.25, 0.3) is 0 Å². The molecular weight excluding hydrogens is 138 g/mol. The lowest BCUT2D eigenvalue weighted by atomic mass is 10.3. The van der Waals surface area contributed by atoms with Gasteiger partial charge in [-0.2, -0.15) is 12.6 Å². The van der Waals surface area contributed by atoms with Crippen LogP contribution in [-0.4, -0.2) is 29.4 Å². The van der Waals surface area contributed by atoms with Crippen LogP contribution in [0.5, 0.6) is 0 Å². The van der Waals surface area contributed by atoms with Crippen LogP contribution in [0.3, 0.4) is 0 Å². The van der Waals surface area contributed by atoms with E-state index in [0.717, 1.165) is 0 Å². The number of hydrogen-bond acceptors (Lipinski definition) is 3. The molecule has 54 valence electrons. The van der Waals surface area contributed by atoms with E-state index in [4.69, 9.17) is 5.11 Å². The molecule has 0 spiro atoms. The van der Waals surface area contributed by atoms with Gasteiger partial charge in [-0.3, -0.25) is 4.79 Å². The average molecular weight is 149 g/mol. The summed E-state index contributed by atoms with van der Waals surface area (Å²) in [5, 5.41) is 11.0. The van der Waals surface area contributed by atoms with Gasteiger partial charge in [-0.25, -0.2) is 0 Å². The summed E-state index contributed by atoms with van der Waals surface area (Å²) in [5.74, 6) is 0.332. The molecule has 0 saturated heterocycles. The predicted molar refractivity (Wildman–Crippen MR) is 38.5 cm³/mol. The Hall–Kier alpha value is -0.220. The van der Waals surface area contributed by atoms with Crippen LogP contribution in [0.15, 0.2) is 0 Å². The molecular formula is C5H11NO2S. The van der Waals surface area contributed by atoms with E-state index in [0.29, 0.717) is 5.75 Å². The monoisotopic (exact) mass is 149 g/mol. The van der Waals surface area contributed by atoms with Crippen LogP contribution in [0.1, 0.15) is 6.92 Å². The molecule has 1 unspecified atom stereocenters. The second-order valence-corrected chi connectivity index (χ2v) is 2.13. The summed E-state index contributed by atoms with van der Waals surface area (Å²) in [6.45, 7) is 1.36. The SMILES string of the molecule is CC(=O)NC(CO)CS. The van der Waals surface area contributed by atoms with Gasteiger partial charge in [0.15, 0.2) is 0 Å². The van der Waals surface area contributed by atoms with Crippen LogP contribution in [-0.2, 0) is 4.79 Å². The van der Waals surface area contributed by atoms with E-state index in [1.54, 1.807) is 0 Å². The van der Waals surface area contributed by atoms with Gasteiger partial charge in [-0.1, -0.05) is 0 Å². The van der Waals surface area contributed by atoms with E-state index in [9.17, 15) is 4.79 Å². The van der Waals surface area contributed by atoms with Crippen molar-refractivity contribution in [2.24, 2.45) is 0 Å². The molecule has 0 aliphatic rings. The Balaban J connectivity index is 3.43. The number of amides is 1. The third-order valence-corrected chi connectivity index (χ3v) is 1.29. The quantitative estimate of drug-likeness (QED) is 0.470. The Morgan fingerprint density at radius 3 is 2.56 bits per heavy atom. The molecule has 9 heavy (non-hydrogen) atoms. The molecule has 3 nitrogen and oxygen atoms in total. The van der Waals surface area contributed by atoms with Gasteiger partial charge in [0.05, 0.1) is 12.6 Å². The van der Waals surface area contributed by atoms with Gasteiger partial charge < -0.3 is 10.4 Å². The molecule has 1 atom stereocenters. The second kappa shape index (κ2) is 4.64. The predicted octanol–water partition coefficient (Wildman–Crippen LogP) is -0.587. The average Bonchev–Trinajstić information content (AvgIpc) is 1.82. The first-order valence-electron chi connectivity index (χ1n) is 2.69. The van der Waals surface area contributed by atoms with Gasteiger partial charge in [0.1, 0.15) is 0 Å². The van der Waals surface area contributed by atoms with Crippen LogP contribution >= 0.6 is 12.6 Å². The maximum absolute atomic E-state index is 10.3. The van der Waals surface area contributed by atoms with E-state index in [2.05, 4.69) is 17.9 Å². The number of nitrogens with one attached hydrogen (secondary N) is 1. The summed E-state index contributed by atoms with van der Waals surface area (Å²) < 4.78 is 0. The normalized spacial score (nSPS) is 12.8. The van der Waals surface area contributed by atoms with Crippen molar-refractivity contribution in [3.8, 4) is 0 Å². The molecule has 1 amide bonds. The fourth-order valence-electron chi connectivity index (χ4n) is 0.436. The van der Waals surface area contributed by atoms with E-state index in [1.807, 2.05) is 0 Å². The number of carbonyl (C=O) groups excluding carboxylic acids is 1. The highest BCUT2D eigenvalue weighted by Gasteiger charge is 2.03. The summed E-state index contributed by atoms with van der Waals surface area (Å²) in [7, 11) is 0. The Morgan fingerprint density at radius 1 is 1.89 bits per heavy atom. The fraction of sp³-hybridized carbons (Fsp3) is 0.800. The zero-order chi connectivity index (χ0) is 7.28. The number of carbonyl (C=O) groups is 1. The summed E-state index contributed by atoms with van der Waals surface area (Å²) >= 11 is 3.90. The first kappa shape index (κ1) is 8.78. The van der Waals surface area contributed by atoms with E-state index < -0.39 is 0 Å². The van der Waals surface area contributed by atoms with Crippen molar-refractivity contribution in [3.05, 3.63) is 0 Å². The smallest absolute Gasteiger partial charge is 0.217 e. The molecule has 0 aromatic rings. The summed E-state index contributed by atoms with van der Waals surface area (Å²) in [6.07, 6.45) is 0. The van der Waals surface area contributed by atoms with Gasteiger partial charge >= 0.3 is 0 Å². The highest BCUT2D eigenvalue weighted by atomic mass is 32.1. The molecule has 0 heterocycles. The number of aliphatic hydroxyl groups excluding tert-OH is 1. The van der Waals surface area contributed by atoms with Gasteiger partial charge in [-0.15, -0.1) is 0 Å². The molecule has 0 radical (unpaired) electrons. The molecule has 0 aliphatic heterocycles. The maximum atomic E-state index is 10.3. The Morgan fingerprint density at radius 2 is 2.44 bits per heavy atom. The van der Waals surface area contributed by atoms with E-state index in [1.165, 1.54) is 6.92 Å². The highest BCUT2D eigenvalue weighted by Crippen LogP contribution is 1.84. The third-order valence-electron chi connectivity index (χ3n) is 0.848. The van der Waals surface area contributed by atoms with E-state index in [-0.39, 0.29) is 18.6 Å². The standard InChI is InChI=1S/C5H11NO2S/c1-4(8)6-5(2-7)3-9/h5,7,9H,2-3H2,1H3,(H,6,8). The molecule has 0 fully saturated rings. The third kappa shape index (κ3) is 4.29. The van der Waals surface area contributed by atoms with Crippen LogP contribution in [0.4, 0.5) is 0 Å². The zero-order valence-corrected chi connectivity index (χ0v) is 6.19. The van der Waals surface area contributed by atoms with Crippen molar-refractivity contribution < 1.29 is 9.90 Å². The van der Waals surface area contributed by atoms with E-state index >= 15 is 0 Å². The van der Waals surface area contributed by atoms with Crippen LogP contribution in [0, 0.1) is 0 Å². The minimum Gasteiger partial charge on any atom is -0.394 e. The van der Waals surface area contributed by atoms with Crippen molar-refractivity contribution >= 4 is 18.5 Å². The first-order chi connectivity index (χ1) is 4.20. The number of thiol groups is 1. The van der Waals surface area contributed by atoms with Crippen molar-refractivity contribution in [2.75, 3.05) is 12.4 Å². The maximum Gasteiger partial charge on any atom is 0.217 e. The summed E-state index contributed by atoms with van der Waals surface area (Å²) in [6, 6.07) is -0.203. The molecule has 2 N–H and O–H groups in total. The Bertz CT molecular complexity index is 93.0. The lowest BCUT2D eigenvalue weighted by Crippen LogP contribution is -2.37. The zero-order valence-electron chi connectivity index (χ0n) is 5.29. The van der Waals surface area contributed by atoms with Gasteiger partial charge in [0.2, 0.25) is 5.91 Å². The van der Waals surface area contributed by atoms with Crippen molar-refractivity contribution in [2.45, 2.75) is 13.0 Å².